The van der Waals surface area contributed by atoms with E-state index in [1.165, 1.54) is 0 Å². The van der Waals surface area contributed by atoms with Crippen LogP contribution in [0.15, 0.2) is 22.8 Å². The second-order valence-corrected chi connectivity index (χ2v) is 2.53. The summed E-state index contributed by atoms with van der Waals surface area (Å²) in [6, 6.07) is 3.70. The summed E-state index contributed by atoms with van der Waals surface area (Å²) < 4.78 is 5.08. The van der Waals surface area contributed by atoms with Crippen molar-refractivity contribution in [1.29, 1.82) is 0 Å². The zero-order chi connectivity index (χ0) is 8.81. The Bertz CT molecular complexity index is 229. The first kappa shape index (κ1) is 8.84. The van der Waals surface area contributed by atoms with Gasteiger partial charge in [0, 0.05) is 19.4 Å². The molecule has 1 aromatic rings. The number of amides is 1. The molecule has 1 aromatic heterocycles. The molecule has 0 saturated carbocycles. The maximum atomic E-state index is 11.0. The SMILES string of the molecule is CCNC(=O)CCc1ccco1. The van der Waals surface area contributed by atoms with E-state index in [1.54, 1.807) is 6.26 Å². The fourth-order valence-corrected chi connectivity index (χ4v) is 0.977. The van der Waals surface area contributed by atoms with Gasteiger partial charge in [0.25, 0.3) is 0 Å². The van der Waals surface area contributed by atoms with Crippen molar-refractivity contribution >= 4 is 5.91 Å². The van der Waals surface area contributed by atoms with E-state index in [2.05, 4.69) is 5.32 Å². The average Bonchev–Trinajstić information content (AvgIpc) is 2.53. The minimum Gasteiger partial charge on any atom is -0.469 e. The molecule has 1 heterocycles. The van der Waals surface area contributed by atoms with E-state index >= 15 is 0 Å². The molecule has 12 heavy (non-hydrogen) atoms. The lowest BCUT2D eigenvalue weighted by Crippen LogP contribution is -2.22. The highest BCUT2D eigenvalue weighted by Crippen LogP contribution is 2.02. The number of nitrogens with one attached hydrogen (secondary N) is 1. The monoisotopic (exact) mass is 167 g/mol. The van der Waals surface area contributed by atoms with Gasteiger partial charge in [-0.1, -0.05) is 0 Å². The third-order valence-corrected chi connectivity index (χ3v) is 1.55. The molecule has 0 aliphatic rings. The Labute approximate surface area is 71.8 Å². The Morgan fingerprint density at radius 2 is 2.50 bits per heavy atom. The summed E-state index contributed by atoms with van der Waals surface area (Å²) in [4.78, 5) is 11.0. The predicted molar refractivity (Wildman–Crippen MR) is 45.7 cm³/mol. The van der Waals surface area contributed by atoms with Crippen LogP contribution in [0.3, 0.4) is 0 Å². The number of hydrogen-bond donors (Lipinski definition) is 1. The first-order chi connectivity index (χ1) is 5.83. The normalized spacial score (nSPS) is 9.75. The summed E-state index contributed by atoms with van der Waals surface area (Å²) in [5.74, 6) is 0.940. The lowest BCUT2D eigenvalue weighted by Gasteiger charge is -1.98. The molecular weight excluding hydrogens is 154 g/mol. The summed E-state index contributed by atoms with van der Waals surface area (Å²) in [6.45, 7) is 2.60. The van der Waals surface area contributed by atoms with Crippen molar-refractivity contribution in [3.05, 3.63) is 24.2 Å². The highest BCUT2D eigenvalue weighted by atomic mass is 16.3. The van der Waals surface area contributed by atoms with Crippen LogP contribution in [0, 0.1) is 0 Å². The van der Waals surface area contributed by atoms with Crippen LogP contribution in [0.5, 0.6) is 0 Å². The van der Waals surface area contributed by atoms with Crippen molar-refractivity contribution in [2.24, 2.45) is 0 Å². The predicted octanol–water partition coefficient (Wildman–Crippen LogP) is 1.35. The van der Waals surface area contributed by atoms with Crippen LogP contribution in [0.4, 0.5) is 0 Å². The van der Waals surface area contributed by atoms with Crippen LogP contribution >= 0.6 is 0 Å². The van der Waals surface area contributed by atoms with Crippen molar-refractivity contribution < 1.29 is 9.21 Å². The summed E-state index contributed by atoms with van der Waals surface area (Å²) in [5, 5.41) is 2.73. The third kappa shape index (κ3) is 2.78. The molecule has 1 N–H and O–H groups in total. The van der Waals surface area contributed by atoms with Gasteiger partial charge in [0.15, 0.2) is 0 Å². The summed E-state index contributed by atoms with van der Waals surface area (Å²) in [7, 11) is 0. The van der Waals surface area contributed by atoms with E-state index in [4.69, 9.17) is 4.42 Å². The van der Waals surface area contributed by atoms with Crippen LogP contribution in [0.1, 0.15) is 19.1 Å². The van der Waals surface area contributed by atoms with Gasteiger partial charge in [-0.15, -0.1) is 0 Å². The second-order valence-electron chi connectivity index (χ2n) is 2.53. The topological polar surface area (TPSA) is 42.2 Å². The van der Waals surface area contributed by atoms with Crippen LogP contribution < -0.4 is 5.32 Å². The molecule has 0 spiro atoms. The Kier molecular flexibility index (Phi) is 3.38. The van der Waals surface area contributed by atoms with Gasteiger partial charge in [0.2, 0.25) is 5.91 Å². The van der Waals surface area contributed by atoms with Gasteiger partial charge >= 0.3 is 0 Å². The van der Waals surface area contributed by atoms with Crippen LogP contribution in [0.25, 0.3) is 0 Å². The van der Waals surface area contributed by atoms with Crippen LogP contribution in [-0.4, -0.2) is 12.5 Å². The molecular formula is C9H13NO2. The van der Waals surface area contributed by atoms with Gasteiger partial charge in [-0.2, -0.15) is 0 Å². The zero-order valence-corrected chi connectivity index (χ0v) is 7.17. The standard InChI is InChI=1S/C9H13NO2/c1-2-10-9(11)6-5-8-4-3-7-12-8/h3-4,7H,2,5-6H2,1H3,(H,10,11). The molecule has 3 heteroatoms. The molecule has 3 nitrogen and oxygen atoms in total. The summed E-state index contributed by atoms with van der Waals surface area (Å²) in [5.41, 5.74) is 0. The smallest absolute Gasteiger partial charge is 0.220 e. The lowest BCUT2D eigenvalue weighted by molar-refractivity contribution is -0.121. The molecule has 0 atom stereocenters. The van der Waals surface area contributed by atoms with Gasteiger partial charge in [-0.3, -0.25) is 4.79 Å². The Morgan fingerprint density at radius 1 is 1.67 bits per heavy atom. The van der Waals surface area contributed by atoms with E-state index < -0.39 is 0 Å². The molecule has 0 saturated heterocycles. The second kappa shape index (κ2) is 4.59. The van der Waals surface area contributed by atoms with Gasteiger partial charge in [0.1, 0.15) is 5.76 Å². The van der Waals surface area contributed by atoms with Crippen molar-refractivity contribution in [1.82, 2.24) is 5.32 Å². The molecule has 0 aliphatic carbocycles. The summed E-state index contributed by atoms with van der Waals surface area (Å²) in [6.07, 6.45) is 2.80. The molecule has 0 aromatic carbocycles. The third-order valence-electron chi connectivity index (χ3n) is 1.55. The highest BCUT2D eigenvalue weighted by molar-refractivity contribution is 5.75. The minimum absolute atomic E-state index is 0.0777. The Hall–Kier alpha value is -1.25. The molecule has 0 bridgehead atoms. The number of aryl methyl sites for hydroxylation is 1. The molecule has 0 unspecified atom stereocenters. The zero-order valence-electron chi connectivity index (χ0n) is 7.17. The fraction of sp³-hybridized carbons (Fsp3) is 0.444. The first-order valence-corrected chi connectivity index (χ1v) is 4.12. The van der Waals surface area contributed by atoms with Crippen molar-refractivity contribution in [3.63, 3.8) is 0 Å². The van der Waals surface area contributed by atoms with Gasteiger partial charge in [-0.25, -0.2) is 0 Å². The minimum atomic E-state index is 0.0777. The molecule has 1 rings (SSSR count). The van der Waals surface area contributed by atoms with Gasteiger partial charge in [0.05, 0.1) is 6.26 Å². The molecule has 66 valence electrons. The van der Waals surface area contributed by atoms with Crippen LogP contribution in [0.2, 0.25) is 0 Å². The van der Waals surface area contributed by atoms with E-state index in [9.17, 15) is 4.79 Å². The summed E-state index contributed by atoms with van der Waals surface area (Å²) >= 11 is 0. The quantitative estimate of drug-likeness (QED) is 0.735. The number of furan rings is 1. The number of rotatable bonds is 4. The number of carbonyl (C=O) groups is 1. The van der Waals surface area contributed by atoms with E-state index in [-0.39, 0.29) is 5.91 Å². The van der Waals surface area contributed by atoms with Crippen LogP contribution in [-0.2, 0) is 11.2 Å². The molecule has 1 amide bonds. The first-order valence-electron chi connectivity index (χ1n) is 4.12. The van der Waals surface area contributed by atoms with E-state index in [1.807, 2.05) is 19.1 Å². The Balaban J connectivity index is 2.22. The van der Waals surface area contributed by atoms with Gasteiger partial charge < -0.3 is 9.73 Å². The van der Waals surface area contributed by atoms with E-state index in [0.29, 0.717) is 19.4 Å². The van der Waals surface area contributed by atoms with Crippen molar-refractivity contribution in [2.45, 2.75) is 19.8 Å². The molecule has 0 radical (unpaired) electrons. The maximum Gasteiger partial charge on any atom is 0.220 e. The molecule has 0 aliphatic heterocycles. The highest BCUT2D eigenvalue weighted by Gasteiger charge is 2.01. The van der Waals surface area contributed by atoms with Gasteiger partial charge in [-0.05, 0) is 19.1 Å². The van der Waals surface area contributed by atoms with E-state index in [0.717, 1.165) is 5.76 Å². The fourth-order valence-electron chi connectivity index (χ4n) is 0.977. The van der Waals surface area contributed by atoms with Crippen molar-refractivity contribution in [3.8, 4) is 0 Å². The number of carbonyl (C=O) groups excluding carboxylic acids is 1. The number of hydrogen-bond acceptors (Lipinski definition) is 2. The average molecular weight is 167 g/mol. The van der Waals surface area contributed by atoms with Crippen molar-refractivity contribution in [2.75, 3.05) is 6.54 Å². The molecule has 0 fully saturated rings. The Morgan fingerprint density at radius 3 is 3.08 bits per heavy atom. The largest absolute Gasteiger partial charge is 0.469 e. The maximum absolute atomic E-state index is 11.0. The lowest BCUT2D eigenvalue weighted by atomic mass is 10.2.